The highest BCUT2D eigenvalue weighted by Crippen LogP contribution is 2.29. The lowest BCUT2D eigenvalue weighted by atomic mass is 9.85. The molecule has 0 spiro atoms. The number of amides is 1. The minimum absolute atomic E-state index is 0.0991. The molecule has 0 radical (unpaired) electrons. The number of benzene rings is 2. The van der Waals surface area contributed by atoms with E-state index in [4.69, 9.17) is 9.47 Å². The molecule has 7 heteroatoms. The Morgan fingerprint density at radius 3 is 2.67 bits per heavy atom. The number of nitrogens with zero attached hydrogens (tertiary/aromatic N) is 3. The van der Waals surface area contributed by atoms with E-state index in [0.29, 0.717) is 18.4 Å². The Labute approximate surface area is 176 Å². The third kappa shape index (κ3) is 4.30. The summed E-state index contributed by atoms with van der Waals surface area (Å²) >= 11 is 0. The summed E-state index contributed by atoms with van der Waals surface area (Å²) in [6.45, 7) is 2.59. The van der Waals surface area contributed by atoms with Crippen LogP contribution in [0, 0.1) is 5.92 Å². The zero-order chi connectivity index (χ0) is 20.9. The molecule has 156 valence electrons. The number of methoxy groups -OCH3 is 1. The van der Waals surface area contributed by atoms with Gasteiger partial charge in [-0.1, -0.05) is 25.5 Å². The van der Waals surface area contributed by atoms with E-state index in [1.807, 2.05) is 55.5 Å². The summed E-state index contributed by atoms with van der Waals surface area (Å²) in [6.07, 6.45) is 3.97. The Kier molecular flexibility index (Phi) is 5.97. The van der Waals surface area contributed by atoms with E-state index in [9.17, 15) is 4.79 Å². The zero-order valence-corrected chi connectivity index (χ0v) is 17.3. The van der Waals surface area contributed by atoms with Crippen LogP contribution in [0.3, 0.4) is 0 Å². The number of hydrogen-bond donors (Lipinski definition) is 1. The molecular weight excluding hydrogens is 380 g/mol. The van der Waals surface area contributed by atoms with Gasteiger partial charge in [0.15, 0.2) is 5.82 Å². The van der Waals surface area contributed by atoms with Gasteiger partial charge >= 0.3 is 6.01 Å². The lowest BCUT2D eigenvalue weighted by molar-refractivity contribution is -0.122. The third-order valence-electron chi connectivity index (χ3n) is 5.21. The number of anilines is 1. The molecule has 1 aromatic heterocycles. The molecule has 30 heavy (non-hydrogen) atoms. The highest BCUT2D eigenvalue weighted by molar-refractivity contribution is 5.93. The number of carbonyl (C=O) groups is 1. The van der Waals surface area contributed by atoms with Crippen molar-refractivity contribution in [1.82, 2.24) is 14.8 Å². The average molecular weight is 406 g/mol. The van der Waals surface area contributed by atoms with Crippen LogP contribution in [0.2, 0.25) is 0 Å². The maximum Gasteiger partial charge on any atom is 0.336 e. The van der Waals surface area contributed by atoms with E-state index in [0.717, 1.165) is 48.4 Å². The maximum absolute atomic E-state index is 12.2. The van der Waals surface area contributed by atoms with Crippen molar-refractivity contribution in [3.63, 3.8) is 0 Å². The van der Waals surface area contributed by atoms with Crippen LogP contribution in [-0.2, 0) is 4.79 Å². The van der Waals surface area contributed by atoms with Crippen LogP contribution >= 0.6 is 0 Å². The van der Waals surface area contributed by atoms with Crippen LogP contribution in [0.5, 0.6) is 11.8 Å². The summed E-state index contributed by atoms with van der Waals surface area (Å²) < 4.78 is 12.8. The molecule has 1 fully saturated rings. The molecule has 0 saturated heterocycles. The molecule has 2 aromatic carbocycles. The van der Waals surface area contributed by atoms with Gasteiger partial charge in [-0.25, -0.2) is 4.68 Å². The van der Waals surface area contributed by atoms with Crippen molar-refractivity contribution < 1.29 is 14.3 Å². The second-order valence-corrected chi connectivity index (χ2v) is 7.37. The van der Waals surface area contributed by atoms with Gasteiger partial charge in [0.05, 0.1) is 19.4 Å². The summed E-state index contributed by atoms with van der Waals surface area (Å²) in [5.74, 6) is 1.65. The first-order valence-corrected chi connectivity index (χ1v) is 10.3. The van der Waals surface area contributed by atoms with E-state index in [1.54, 1.807) is 11.8 Å². The molecule has 1 heterocycles. The fraction of sp³-hybridized carbons (Fsp3) is 0.348. The summed E-state index contributed by atoms with van der Waals surface area (Å²) in [5.41, 5.74) is 2.48. The van der Waals surface area contributed by atoms with Crippen LogP contribution in [-0.4, -0.2) is 34.4 Å². The van der Waals surface area contributed by atoms with Crippen LogP contribution in [0.25, 0.3) is 17.1 Å². The number of nitrogens with one attached hydrogen (secondary N) is 1. The SMILES string of the molecule is CCCOc1nc(-c2cccc(OC)c2)n(-c2ccc(NC(=O)C3CCC3)cc2)n1. The zero-order valence-electron chi connectivity index (χ0n) is 17.3. The minimum atomic E-state index is 0.0991. The largest absolute Gasteiger partial charge is 0.497 e. The Morgan fingerprint density at radius 2 is 2.00 bits per heavy atom. The van der Waals surface area contributed by atoms with E-state index in [1.165, 1.54) is 0 Å². The van der Waals surface area contributed by atoms with Gasteiger partial charge < -0.3 is 14.8 Å². The summed E-state index contributed by atoms with van der Waals surface area (Å²) in [5, 5.41) is 7.54. The van der Waals surface area contributed by atoms with E-state index >= 15 is 0 Å². The van der Waals surface area contributed by atoms with Crippen molar-refractivity contribution in [2.45, 2.75) is 32.6 Å². The van der Waals surface area contributed by atoms with Gasteiger partial charge in [0.25, 0.3) is 0 Å². The molecule has 7 nitrogen and oxygen atoms in total. The number of carbonyl (C=O) groups excluding carboxylic acids is 1. The normalized spacial score (nSPS) is 13.5. The molecule has 0 atom stereocenters. The molecule has 4 rings (SSSR count). The van der Waals surface area contributed by atoms with Crippen molar-refractivity contribution >= 4 is 11.6 Å². The van der Waals surface area contributed by atoms with Crippen LogP contribution < -0.4 is 14.8 Å². The third-order valence-corrected chi connectivity index (χ3v) is 5.21. The second kappa shape index (κ2) is 8.98. The monoisotopic (exact) mass is 406 g/mol. The first-order valence-electron chi connectivity index (χ1n) is 10.3. The molecule has 1 N–H and O–H groups in total. The highest BCUT2D eigenvalue weighted by atomic mass is 16.5. The van der Waals surface area contributed by atoms with Crippen molar-refractivity contribution in [3.05, 3.63) is 48.5 Å². The van der Waals surface area contributed by atoms with Crippen molar-refractivity contribution in [3.8, 4) is 28.8 Å². The van der Waals surface area contributed by atoms with Gasteiger partial charge in [-0.15, -0.1) is 5.10 Å². The van der Waals surface area contributed by atoms with E-state index in [-0.39, 0.29) is 11.8 Å². The van der Waals surface area contributed by atoms with Gasteiger partial charge in [-0.2, -0.15) is 4.98 Å². The van der Waals surface area contributed by atoms with E-state index < -0.39 is 0 Å². The van der Waals surface area contributed by atoms with Gasteiger partial charge in [0, 0.05) is 17.2 Å². The predicted octanol–water partition coefficient (Wildman–Crippen LogP) is 4.47. The lowest BCUT2D eigenvalue weighted by Crippen LogP contribution is -2.27. The number of rotatable bonds is 8. The Bertz CT molecular complexity index is 1010. The number of hydrogen-bond acceptors (Lipinski definition) is 5. The first-order chi connectivity index (χ1) is 14.7. The van der Waals surface area contributed by atoms with Crippen LogP contribution in [0.4, 0.5) is 5.69 Å². The van der Waals surface area contributed by atoms with Crippen molar-refractivity contribution in [2.75, 3.05) is 19.0 Å². The highest BCUT2D eigenvalue weighted by Gasteiger charge is 2.25. The van der Waals surface area contributed by atoms with E-state index in [2.05, 4.69) is 15.4 Å². The lowest BCUT2D eigenvalue weighted by Gasteiger charge is -2.24. The maximum atomic E-state index is 12.2. The standard InChI is InChI=1S/C23H26N4O3/c1-3-14-30-23-25-21(17-8-5-9-20(15-17)29-2)27(26-23)19-12-10-18(11-13-19)24-22(28)16-6-4-7-16/h5,8-13,15-16H,3-4,6-7,14H2,1-2H3,(H,24,28). The number of aromatic nitrogens is 3. The quantitative estimate of drug-likeness (QED) is 0.597. The molecule has 0 unspecified atom stereocenters. The Hall–Kier alpha value is -3.35. The van der Waals surface area contributed by atoms with Gasteiger partial charge in [0.2, 0.25) is 5.91 Å². The van der Waals surface area contributed by atoms with Gasteiger partial charge in [0.1, 0.15) is 5.75 Å². The second-order valence-electron chi connectivity index (χ2n) is 7.37. The first kappa shape index (κ1) is 19.9. The Morgan fingerprint density at radius 1 is 1.20 bits per heavy atom. The molecule has 0 aliphatic heterocycles. The summed E-state index contributed by atoms with van der Waals surface area (Å²) in [6, 6.07) is 15.6. The topological polar surface area (TPSA) is 78.3 Å². The van der Waals surface area contributed by atoms with Crippen LogP contribution in [0.1, 0.15) is 32.6 Å². The van der Waals surface area contributed by atoms with Gasteiger partial charge in [-0.3, -0.25) is 4.79 Å². The average Bonchev–Trinajstić information content (AvgIpc) is 3.16. The fourth-order valence-corrected chi connectivity index (χ4v) is 3.28. The number of ether oxygens (including phenoxy) is 2. The molecular formula is C23H26N4O3. The molecule has 1 aliphatic rings. The molecule has 0 bridgehead atoms. The fourth-order valence-electron chi connectivity index (χ4n) is 3.28. The molecule has 1 saturated carbocycles. The Balaban J connectivity index is 1.62. The summed E-state index contributed by atoms with van der Waals surface area (Å²) in [7, 11) is 1.64. The predicted molar refractivity (Wildman–Crippen MR) is 115 cm³/mol. The van der Waals surface area contributed by atoms with Crippen LogP contribution in [0.15, 0.2) is 48.5 Å². The molecule has 1 amide bonds. The minimum Gasteiger partial charge on any atom is -0.497 e. The molecule has 3 aromatic rings. The summed E-state index contributed by atoms with van der Waals surface area (Å²) in [4.78, 5) is 16.8. The van der Waals surface area contributed by atoms with Gasteiger partial charge in [-0.05, 0) is 55.7 Å². The van der Waals surface area contributed by atoms with Crippen molar-refractivity contribution in [2.24, 2.45) is 5.92 Å². The van der Waals surface area contributed by atoms with Crippen molar-refractivity contribution in [1.29, 1.82) is 0 Å². The smallest absolute Gasteiger partial charge is 0.336 e. The molecule has 1 aliphatic carbocycles.